The van der Waals surface area contributed by atoms with E-state index in [2.05, 4.69) is 6.58 Å². The van der Waals surface area contributed by atoms with Gasteiger partial charge in [0, 0.05) is 48.5 Å². The van der Waals surface area contributed by atoms with Crippen LogP contribution in [0.15, 0.2) is 12.7 Å². The third-order valence-corrected chi connectivity index (χ3v) is 8.49. The van der Waals surface area contributed by atoms with Crippen LogP contribution in [0.2, 0.25) is 0 Å². The average molecular weight is 941 g/mol. The van der Waals surface area contributed by atoms with Gasteiger partial charge in [0.1, 0.15) is 31.5 Å². The third kappa shape index (κ3) is 23.6. The van der Waals surface area contributed by atoms with Crippen molar-refractivity contribution in [1.82, 2.24) is 0 Å². The molecule has 0 aromatic heterocycles. The van der Waals surface area contributed by atoms with Gasteiger partial charge >= 0.3 is 41.8 Å². The van der Waals surface area contributed by atoms with E-state index in [9.17, 15) is 33.6 Å². The third-order valence-electron chi connectivity index (χ3n) is 8.49. The molecule has 65 heavy (non-hydrogen) atoms. The smallest absolute Gasteiger partial charge is 0.303 e. The van der Waals surface area contributed by atoms with E-state index in [4.69, 9.17) is 80.5 Å². The first-order chi connectivity index (χ1) is 31.0. The number of rotatable bonds is 32. The lowest BCUT2D eigenvalue weighted by atomic mass is 9.96. The number of carbonyl (C=O) groups excluding carboxylic acids is 7. The molecule has 0 bridgehead atoms. The van der Waals surface area contributed by atoms with Gasteiger partial charge in [0.15, 0.2) is 43.1 Å². The predicted molar refractivity (Wildman–Crippen MR) is 214 cm³/mol. The maximum absolute atomic E-state index is 12.6. The molecule has 0 aromatic rings. The molecule has 0 radical (unpaired) electrons. The van der Waals surface area contributed by atoms with E-state index < -0.39 is 116 Å². The minimum atomic E-state index is -1.82. The van der Waals surface area contributed by atoms with Crippen LogP contribution in [0.25, 0.3) is 0 Å². The van der Waals surface area contributed by atoms with Crippen LogP contribution in [0.1, 0.15) is 48.5 Å². The van der Waals surface area contributed by atoms with E-state index in [0.29, 0.717) is 59.5 Å². The first-order valence-corrected chi connectivity index (χ1v) is 20.8. The highest BCUT2D eigenvalue weighted by atomic mass is 16.8. The summed E-state index contributed by atoms with van der Waals surface area (Å²) in [7, 11) is 0. The number of carbonyl (C=O) groups is 7. The van der Waals surface area contributed by atoms with Gasteiger partial charge in [-0.25, -0.2) is 0 Å². The molecule has 24 heteroatoms. The second-order valence-corrected chi connectivity index (χ2v) is 14.0. The normalized spacial score (nSPS) is 25.1. The van der Waals surface area contributed by atoms with Crippen molar-refractivity contribution in [3.8, 4) is 0 Å². The van der Waals surface area contributed by atoms with Crippen LogP contribution in [0.5, 0.6) is 0 Å². The van der Waals surface area contributed by atoms with Crippen molar-refractivity contribution < 1.29 is 114 Å². The highest BCUT2D eigenvalue weighted by molar-refractivity contribution is 5.69. The standard InChI is InChI=1S/C41H64O24/c1-9-10-49-11-12-50-13-14-51-15-16-52-17-18-53-19-20-54-21-22-55-40-38(61-30(7)47)37(60-29(6)46)35(33(63-40)24-57-26(3)43)65-41-39(62-31(8)48)36(59-28(5)45)34(58-27(4)44)32(64-41)23-56-25(2)42/h9,32-41H,1,10-24H2,2-8H3/t32?,33-,34-,35+,36-,37?,38?,39?,40+,41-/m0/s1. The molecule has 2 fully saturated rings. The summed E-state index contributed by atoms with van der Waals surface area (Å²) in [4.78, 5) is 86.1. The van der Waals surface area contributed by atoms with Crippen LogP contribution in [-0.4, -0.2) is 202 Å². The van der Waals surface area contributed by atoms with E-state index in [-0.39, 0.29) is 26.4 Å². The minimum Gasteiger partial charge on any atom is -0.463 e. The van der Waals surface area contributed by atoms with Crippen molar-refractivity contribution in [3.05, 3.63) is 12.7 Å². The first kappa shape index (κ1) is 56.8. The lowest BCUT2D eigenvalue weighted by molar-refractivity contribution is -0.361. The molecule has 0 aliphatic carbocycles. The summed E-state index contributed by atoms with van der Waals surface area (Å²) in [5, 5.41) is 0. The fraction of sp³-hybridized carbons (Fsp3) is 0.780. The molecule has 0 aromatic carbocycles. The second-order valence-electron chi connectivity index (χ2n) is 14.0. The van der Waals surface area contributed by atoms with Crippen molar-refractivity contribution in [2.75, 3.05) is 99.1 Å². The van der Waals surface area contributed by atoms with Gasteiger partial charge in [0.25, 0.3) is 0 Å². The molecule has 4 unspecified atom stereocenters. The Morgan fingerprint density at radius 2 is 0.723 bits per heavy atom. The largest absolute Gasteiger partial charge is 0.463 e. The Morgan fingerprint density at radius 3 is 1.12 bits per heavy atom. The van der Waals surface area contributed by atoms with Gasteiger partial charge in [-0.2, -0.15) is 0 Å². The second kappa shape index (κ2) is 32.3. The van der Waals surface area contributed by atoms with Crippen LogP contribution >= 0.6 is 0 Å². The quantitative estimate of drug-likeness (QED) is 0.0369. The summed E-state index contributed by atoms with van der Waals surface area (Å²) >= 11 is 0. The minimum absolute atomic E-state index is 0.00702. The Kier molecular flexibility index (Phi) is 28.2. The van der Waals surface area contributed by atoms with Gasteiger partial charge in [-0.3, -0.25) is 33.6 Å². The van der Waals surface area contributed by atoms with Gasteiger partial charge in [0.05, 0.1) is 85.9 Å². The Bertz CT molecular complexity index is 1470. The number of hydrogen-bond acceptors (Lipinski definition) is 24. The zero-order valence-electron chi connectivity index (χ0n) is 38.0. The molecule has 2 aliphatic heterocycles. The van der Waals surface area contributed by atoms with Crippen molar-refractivity contribution in [2.24, 2.45) is 0 Å². The molecule has 24 nitrogen and oxygen atoms in total. The van der Waals surface area contributed by atoms with Gasteiger partial charge in [-0.05, 0) is 0 Å². The highest BCUT2D eigenvalue weighted by Gasteiger charge is 2.57. The SMILES string of the molecule is C=CCOCCOCCOCCOCCOCCOCCO[C@@H]1O[C@@H](COC(C)=O)[C@@H](O[C@@H]2OC(COC(C)=O)[C@H](OC(C)=O)[C@H](OC(C)=O)C2OC(C)=O)C(OC(C)=O)C1OC(C)=O. The van der Waals surface area contributed by atoms with E-state index in [1.807, 2.05) is 0 Å². The molecule has 0 amide bonds. The molecule has 2 heterocycles. The van der Waals surface area contributed by atoms with Crippen molar-refractivity contribution in [1.29, 1.82) is 0 Å². The average Bonchev–Trinajstić information content (AvgIpc) is 3.21. The summed E-state index contributed by atoms with van der Waals surface area (Å²) in [6.07, 6.45) is -14.1. The Morgan fingerprint density at radius 1 is 0.400 bits per heavy atom. The maximum Gasteiger partial charge on any atom is 0.303 e. The molecule has 10 atom stereocenters. The lowest BCUT2D eigenvalue weighted by Crippen LogP contribution is -2.67. The number of esters is 7. The summed E-state index contributed by atoms with van der Waals surface area (Å²) in [5.41, 5.74) is 0. The van der Waals surface area contributed by atoms with Crippen LogP contribution in [0, 0.1) is 0 Å². The van der Waals surface area contributed by atoms with Gasteiger partial charge in [-0.1, -0.05) is 6.08 Å². The molecular weight excluding hydrogens is 876 g/mol. The van der Waals surface area contributed by atoms with Crippen LogP contribution in [-0.2, 0) is 114 Å². The van der Waals surface area contributed by atoms with E-state index >= 15 is 0 Å². The van der Waals surface area contributed by atoms with Crippen LogP contribution in [0.4, 0.5) is 0 Å². The van der Waals surface area contributed by atoms with Crippen molar-refractivity contribution >= 4 is 41.8 Å². The molecule has 0 spiro atoms. The molecule has 2 aliphatic rings. The Hall–Kier alpha value is -4.37. The summed E-state index contributed by atoms with van der Waals surface area (Å²) in [6.45, 7) is 13.8. The fourth-order valence-electron chi connectivity index (χ4n) is 6.10. The number of hydrogen-bond donors (Lipinski definition) is 0. The van der Waals surface area contributed by atoms with Crippen LogP contribution in [0.3, 0.4) is 0 Å². The van der Waals surface area contributed by atoms with E-state index in [0.717, 1.165) is 48.5 Å². The molecule has 0 saturated carbocycles. The Labute approximate surface area is 377 Å². The molecule has 2 rings (SSSR count). The molecule has 372 valence electrons. The molecule has 0 N–H and O–H groups in total. The summed E-state index contributed by atoms with van der Waals surface area (Å²) < 4.78 is 95.1. The molecule has 2 saturated heterocycles. The topological polar surface area (TPSA) is 276 Å². The summed E-state index contributed by atoms with van der Waals surface area (Å²) in [5.74, 6) is -5.95. The monoisotopic (exact) mass is 940 g/mol. The molecular formula is C41H64O24. The van der Waals surface area contributed by atoms with E-state index in [1.165, 1.54) is 0 Å². The maximum atomic E-state index is 12.6. The van der Waals surface area contributed by atoms with E-state index in [1.54, 1.807) is 6.08 Å². The first-order valence-electron chi connectivity index (χ1n) is 20.8. The van der Waals surface area contributed by atoms with Gasteiger partial charge in [0.2, 0.25) is 0 Å². The zero-order valence-corrected chi connectivity index (χ0v) is 38.0. The Balaban J connectivity index is 2.15. The van der Waals surface area contributed by atoms with Crippen molar-refractivity contribution in [2.45, 2.75) is 110 Å². The van der Waals surface area contributed by atoms with Crippen molar-refractivity contribution in [3.63, 3.8) is 0 Å². The fourth-order valence-corrected chi connectivity index (χ4v) is 6.10. The highest BCUT2D eigenvalue weighted by Crippen LogP contribution is 2.35. The summed E-state index contributed by atoms with van der Waals surface area (Å²) in [6, 6.07) is 0. The van der Waals surface area contributed by atoms with Gasteiger partial charge in [-0.15, -0.1) is 6.58 Å². The predicted octanol–water partition coefficient (Wildman–Crippen LogP) is -0.0917. The lowest BCUT2D eigenvalue weighted by Gasteiger charge is -2.48. The van der Waals surface area contributed by atoms with Crippen LogP contribution < -0.4 is 0 Å². The number of ether oxygens (including phenoxy) is 17. The van der Waals surface area contributed by atoms with Gasteiger partial charge < -0.3 is 80.5 Å². The zero-order chi connectivity index (χ0) is 48.1.